The second-order valence-corrected chi connectivity index (χ2v) is 9.08. The number of halogens is 1. The van der Waals surface area contributed by atoms with Gasteiger partial charge in [0.2, 0.25) is 12.7 Å². The number of amides is 1. The van der Waals surface area contributed by atoms with Gasteiger partial charge in [0.05, 0.1) is 30.6 Å². The zero-order valence-electron chi connectivity index (χ0n) is 19.8. The van der Waals surface area contributed by atoms with Gasteiger partial charge in [-0.2, -0.15) is 5.10 Å². The highest BCUT2D eigenvalue weighted by atomic mass is 35.5. The van der Waals surface area contributed by atoms with E-state index in [1.165, 1.54) is 5.56 Å². The number of nitrogens with zero attached hydrogens (tertiary/aromatic N) is 4. The Balaban J connectivity index is 1.15. The van der Waals surface area contributed by atoms with Gasteiger partial charge >= 0.3 is 0 Å². The largest absolute Gasteiger partial charge is 0.496 e. The molecule has 3 heterocycles. The molecule has 5 rings (SSSR count). The quantitative estimate of drug-likeness (QED) is 0.536. The molecule has 3 aromatic rings. The van der Waals surface area contributed by atoms with Gasteiger partial charge in [-0.1, -0.05) is 17.7 Å². The Labute approximate surface area is 209 Å². The van der Waals surface area contributed by atoms with E-state index in [9.17, 15) is 4.79 Å². The Morgan fingerprint density at radius 2 is 1.86 bits per heavy atom. The van der Waals surface area contributed by atoms with E-state index in [-0.39, 0.29) is 12.7 Å². The molecular formula is C25H28ClN5O4. The van der Waals surface area contributed by atoms with Crippen molar-refractivity contribution < 1.29 is 19.0 Å². The minimum Gasteiger partial charge on any atom is -0.496 e. The van der Waals surface area contributed by atoms with Crippen molar-refractivity contribution in [2.75, 3.05) is 51.9 Å². The molecule has 0 bridgehead atoms. The van der Waals surface area contributed by atoms with Gasteiger partial charge < -0.3 is 19.5 Å². The summed E-state index contributed by atoms with van der Waals surface area (Å²) in [5, 5.41) is 7.73. The van der Waals surface area contributed by atoms with Crippen LogP contribution in [0.1, 0.15) is 5.56 Å². The van der Waals surface area contributed by atoms with Crippen molar-refractivity contribution in [1.82, 2.24) is 19.6 Å². The Bertz CT molecular complexity index is 1200. The summed E-state index contributed by atoms with van der Waals surface area (Å²) in [6.07, 6.45) is 1.59. The Morgan fingerprint density at radius 3 is 2.60 bits per heavy atom. The van der Waals surface area contributed by atoms with Gasteiger partial charge in [0.15, 0.2) is 11.5 Å². The number of fused-ring (bicyclic) bond motifs is 1. The van der Waals surface area contributed by atoms with E-state index in [1.807, 2.05) is 37.4 Å². The summed E-state index contributed by atoms with van der Waals surface area (Å²) in [5.41, 5.74) is 3.39. The average molecular weight is 498 g/mol. The van der Waals surface area contributed by atoms with Crippen molar-refractivity contribution in [3.05, 3.63) is 53.2 Å². The van der Waals surface area contributed by atoms with Gasteiger partial charge in [0.1, 0.15) is 5.75 Å². The molecule has 184 valence electrons. The summed E-state index contributed by atoms with van der Waals surface area (Å²) in [7, 11) is 3.42. The van der Waals surface area contributed by atoms with Crippen LogP contribution in [0.5, 0.6) is 17.2 Å². The zero-order valence-corrected chi connectivity index (χ0v) is 20.5. The van der Waals surface area contributed by atoms with Crippen LogP contribution in [-0.2, 0) is 18.4 Å². The number of carbonyl (C=O) groups is 1. The molecule has 35 heavy (non-hydrogen) atoms. The van der Waals surface area contributed by atoms with Crippen LogP contribution in [0.3, 0.4) is 0 Å². The van der Waals surface area contributed by atoms with Crippen LogP contribution < -0.4 is 19.5 Å². The highest BCUT2D eigenvalue weighted by Crippen LogP contribution is 2.36. The molecule has 0 aliphatic carbocycles. The maximum atomic E-state index is 12.8. The molecule has 2 aliphatic heterocycles. The van der Waals surface area contributed by atoms with Gasteiger partial charge in [-0.05, 0) is 35.9 Å². The maximum absolute atomic E-state index is 12.8. The highest BCUT2D eigenvalue weighted by molar-refractivity contribution is 6.33. The second kappa shape index (κ2) is 10.2. The summed E-state index contributed by atoms with van der Waals surface area (Å²) < 4.78 is 18.1. The van der Waals surface area contributed by atoms with Crippen molar-refractivity contribution in [3.63, 3.8) is 0 Å². The molecule has 9 nitrogen and oxygen atoms in total. The monoisotopic (exact) mass is 497 g/mol. The van der Waals surface area contributed by atoms with E-state index in [2.05, 4.69) is 26.3 Å². The van der Waals surface area contributed by atoms with Crippen molar-refractivity contribution in [1.29, 1.82) is 0 Å². The third kappa shape index (κ3) is 5.22. The van der Waals surface area contributed by atoms with Gasteiger partial charge in [0.25, 0.3) is 0 Å². The summed E-state index contributed by atoms with van der Waals surface area (Å²) >= 11 is 6.33. The SMILES string of the molecule is COc1ccc(NC(=O)CN2CCN(Cc3ccc4c(c3)OCO4)CC2)cc1-c1c(Cl)cnn1C. The van der Waals surface area contributed by atoms with E-state index < -0.39 is 0 Å². The highest BCUT2D eigenvalue weighted by Gasteiger charge is 2.21. The molecule has 1 amide bonds. The molecular weight excluding hydrogens is 470 g/mol. The number of piperazine rings is 1. The number of ether oxygens (including phenoxy) is 3. The normalized spacial score (nSPS) is 15.9. The molecule has 10 heteroatoms. The molecule has 2 aromatic carbocycles. The number of nitrogens with one attached hydrogen (secondary N) is 1. The van der Waals surface area contributed by atoms with Crippen molar-refractivity contribution in [2.24, 2.45) is 7.05 Å². The van der Waals surface area contributed by atoms with Crippen LogP contribution in [0.25, 0.3) is 11.3 Å². The summed E-state index contributed by atoms with van der Waals surface area (Å²) in [5.74, 6) is 2.22. The maximum Gasteiger partial charge on any atom is 0.238 e. The number of benzene rings is 2. The number of rotatable bonds is 7. The molecule has 0 spiro atoms. The lowest BCUT2D eigenvalue weighted by molar-refractivity contribution is -0.117. The van der Waals surface area contributed by atoms with Crippen LogP contribution in [0, 0.1) is 0 Å². The Morgan fingerprint density at radius 1 is 1.09 bits per heavy atom. The fourth-order valence-electron chi connectivity index (χ4n) is 4.49. The van der Waals surface area contributed by atoms with Crippen LogP contribution in [-0.4, -0.2) is 72.1 Å². The summed E-state index contributed by atoms with van der Waals surface area (Å²) in [4.78, 5) is 17.3. The third-order valence-corrected chi connectivity index (χ3v) is 6.58. The predicted octanol–water partition coefficient (Wildman–Crippen LogP) is 3.23. The topological polar surface area (TPSA) is 81.1 Å². The van der Waals surface area contributed by atoms with E-state index >= 15 is 0 Å². The first-order valence-corrected chi connectivity index (χ1v) is 11.9. The van der Waals surface area contributed by atoms with Crippen LogP contribution in [0.4, 0.5) is 5.69 Å². The first-order chi connectivity index (χ1) is 17.0. The van der Waals surface area contributed by atoms with Crippen molar-refractivity contribution >= 4 is 23.2 Å². The standard InChI is InChI=1S/C25H28ClN5O4/c1-29-25(20(26)13-27-29)19-12-18(4-6-21(19)33-2)28-24(32)15-31-9-7-30(8-10-31)14-17-3-5-22-23(11-17)35-16-34-22/h3-6,11-13H,7-10,14-16H2,1-2H3,(H,28,32). The lowest BCUT2D eigenvalue weighted by Gasteiger charge is -2.34. The first kappa shape index (κ1) is 23.5. The molecule has 1 N–H and O–H groups in total. The number of hydrogen-bond acceptors (Lipinski definition) is 7. The molecule has 0 radical (unpaired) electrons. The number of aromatic nitrogens is 2. The van der Waals surface area contributed by atoms with Gasteiger partial charge in [-0.15, -0.1) is 0 Å². The van der Waals surface area contributed by atoms with Crippen molar-refractivity contribution in [2.45, 2.75) is 6.54 Å². The Kier molecular flexibility index (Phi) is 6.81. The van der Waals surface area contributed by atoms with Gasteiger partial charge in [-0.25, -0.2) is 0 Å². The number of carbonyl (C=O) groups excluding carboxylic acids is 1. The second-order valence-electron chi connectivity index (χ2n) is 8.67. The predicted molar refractivity (Wildman–Crippen MR) is 133 cm³/mol. The Hall–Kier alpha value is -3.27. The summed E-state index contributed by atoms with van der Waals surface area (Å²) in [6.45, 7) is 4.93. The molecule has 0 atom stereocenters. The minimum atomic E-state index is -0.0542. The summed E-state index contributed by atoms with van der Waals surface area (Å²) in [6, 6.07) is 11.6. The number of hydrogen-bond donors (Lipinski definition) is 1. The molecule has 1 aromatic heterocycles. The fourth-order valence-corrected chi connectivity index (χ4v) is 4.76. The number of anilines is 1. The fraction of sp³-hybridized carbons (Fsp3) is 0.360. The van der Waals surface area contributed by atoms with Gasteiger partial charge in [-0.3, -0.25) is 19.3 Å². The smallest absolute Gasteiger partial charge is 0.238 e. The van der Waals surface area contributed by atoms with E-state index in [4.69, 9.17) is 25.8 Å². The number of aryl methyl sites for hydroxylation is 1. The van der Waals surface area contributed by atoms with E-state index in [1.54, 1.807) is 18.0 Å². The van der Waals surface area contributed by atoms with E-state index in [0.29, 0.717) is 23.0 Å². The molecule has 1 fully saturated rings. The molecule has 1 saturated heterocycles. The van der Waals surface area contributed by atoms with Crippen LogP contribution in [0.2, 0.25) is 5.02 Å². The molecule has 0 saturated carbocycles. The average Bonchev–Trinajstić information content (AvgIpc) is 3.45. The first-order valence-electron chi connectivity index (χ1n) is 11.5. The third-order valence-electron chi connectivity index (χ3n) is 6.31. The lowest BCUT2D eigenvalue weighted by atomic mass is 10.1. The van der Waals surface area contributed by atoms with Crippen molar-refractivity contribution in [3.8, 4) is 28.5 Å². The molecule has 0 unspecified atom stereocenters. The molecule has 2 aliphatic rings. The van der Waals surface area contributed by atoms with Crippen LogP contribution >= 0.6 is 11.6 Å². The number of methoxy groups -OCH3 is 1. The zero-order chi connectivity index (χ0) is 24.4. The lowest BCUT2D eigenvalue weighted by Crippen LogP contribution is -2.48. The van der Waals surface area contributed by atoms with E-state index in [0.717, 1.165) is 55.5 Å². The minimum absolute atomic E-state index is 0.0542. The van der Waals surface area contributed by atoms with Gasteiger partial charge in [0, 0.05) is 51.0 Å². The van der Waals surface area contributed by atoms with Crippen LogP contribution in [0.15, 0.2) is 42.6 Å².